The predicted molar refractivity (Wildman–Crippen MR) is 94.7 cm³/mol. The van der Waals surface area contributed by atoms with Gasteiger partial charge in [0.05, 0.1) is 6.61 Å². The third-order valence-corrected chi connectivity index (χ3v) is 4.22. The van der Waals surface area contributed by atoms with E-state index in [1.54, 1.807) is 0 Å². The molecule has 23 heavy (non-hydrogen) atoms. The van der Waals surface area contributed by atoms with E-state index in [0.717, 1.165) is 38.5 Å². The summed E-state index contributed by atoms with van der Waals surface area (Å²) in [7, 11) is 0. The highest BCUT2D eigenvalue weighted by molar-refractivity contribution is 4.78. The van der Waals surface area contributed by atoms with Crippen molar-refractivity contribution in [2.45, 2.75) is 117 Å². The fraction of sp³-hybridized carbons (Fsp3) is 1.00. The first-order valence-electron chi connectivity index (χ1n) is 9.88. The molecule has 0 heterocycles. The highest BCUT2D eigenvalue weighted by Gasteiger charge is 2.31. The van der Waals surface area contributed by atoms with Gasteiger partial charge in [0, 0.05) is 0 Å². The summed E-state index contributed by atoms with van der Waals surface area (Å²) < 4.78 is 0. The van der Waals surface area contributed by atoms with Crippen molar-refractivity contribution in [2.24, 2.45) is 0 Å². The van der Waals surface area contributed by atoms with Crippen LogP contribution in [0.15, 0.2) is 0 Å². The largest absolute Gasteiger partial charge is 0.204 e. The Morgan fingerprint density at radius 2 is 1.17 bits per heavy atom. The zero-order chi connectivity index (χ0) is 17.2. The maximum atomic E-state index is 5.66. The molecule has 0 bridgehead atoms. The molecule has 0 N–H and O–H groups in total. The maximum Gasteiger partial charge on any atom is 0.107 e. The second kappa shape index (κ2) is 16.7. The second-order valence-corrected chi connectivity index (χ2v) is 6.60. The first-order valence-corrected chi connectivity index (χ1v) is 9.88. The van der Waals surface area contributed by atoms with E-state index >= 15 is 0 Å². The van der Waals surface area contributed by atoms with Gasteiger partial charge in [-0.1, -0.05) is 85.5 Å². The Labute approximate surface area is 144 Å². The van der Waals surface area contributed by atoms with Gasteiger partial charge in [0.2, 0.25) is 0 Å². The molecule has 0 amide bonds. The van der Waals surface area contributed by atoms with Crippen LogP contribution in [0, 0.1) is 0 Å². The molecular weight excluding hydrogens is 292 g/mol. The minimum Gasteiger partial charge on any atom is -0.204 e. The molecule has 4 heteroatoms. The molecule has 0 aromatic carbocycles. The third kappa shape index (κ3) is 12.9. The minimum absolute atomic E-state index is 0.234. The molecule has 0 aromatic rings. The van der Waals surface area contributed by atoms with Crippen LogP contribution in [0.1, 0.15) is 111 Å². The molecule has 0 aliphatic carbocycles. The monoisotopic (exact) mass is 332 g/mol. The summed E-state index contributed by atoms with van der Waals surface area (Å²) >= 11 is 0. The minimum atomic E-state index is -0.234. The van der Waals surface area contributed by atoms with Crippen LogP contribution in [0.4, 0.5) is 0 Å². The molecule has 0 aromatic heterocycles. The van der Waals surface area contributed by atoms with E-state index in [0.29, 0.717) is 6.61 Å². The van der Waals surface area contributed by atoms with Crippen LogP contribution in [0.25, 0.3) is 0 Å². The highest BCUT2D eigenvalue weighted by Crippen LogP contribution is 2.31. The van der Waals surface area contributed by atoms with Crippen molar-refractivity contribution < 1.29 is 19.9 Å². The Bertz CT molecular complexity index is 227. The highest BCUT2D eigenvalue weighted by atomic mass is 17.7. The van der Waals surface area contributed by atoms with Gasteiger partial charge < -0.3 is 0 Å². The van der Waals surface area contributed by atoms with E-state index in [2.05, 4.69) is 25.8 Å². The summed E-state index contributed by atoms with van der Waals surface area (Å²) in [5.41, 5.74) is -0.234. The van der Waals surface area contributed by atoms with Crippen molar-refractivity contribution in [1.82, 2.24) is 0 Å². The Kier molecular flexibility index (Phi) is 16.6. The molecule has 0 aliphatic heterocycles. The van der Waals surface area contributed by atoms with Crippen LogP contribution in [0.2, 0.25) is 0 Å². The molecule has 0 aliphatic rings. The quantitative estimate of drug-likeness (QED) is 0.159. The molecule has 0 radical (unpaired) electrons. The Morgan fingerprint density at radius 3 is 1.74 bits per heavy atom. The topological polar surface area (TPSA) is 36.9 Å². The average molecular weight is 333 g/mol. The van der Waals surface area contributed by atoms with Gasteiger partial charge in [-0.05, 0) is 35.8 Å². The van der Waals surface area contributed by atoms with Crippen LogP contribution >= 0.6 is 0 Å². The lowest BCUT2D eigenvalue weighted by atomic mass is 9.87. The average Bonchev–Trinajstić information content (AvgIpc) is 2.54. The number of hydrogen-bond acceptors (Lipinski definition) is 4. The Balaban J connectivity index is 4.09. The van der Waals surface area contributed by atoms with E-state index in [-0.39, 0.29) is 5.60 Å². The van der Waals surface area contributed by atoms with Gasteiger partial charge in [-0.2, -0.15) is 4.89 Å². The van der Waals surface area contributed by atoms with Gasteiger partial charge in [-0.25, -0.2) is 4.89 Å². The normalized spacial score (nSPS) is 12.0. The van der Waals surface area contributed by atoms with E-state index in [1.807, 2.05) is 6.92 Å². The molecule has 0 spiro atoms. The van der Waals surface area contributed by atoms with Crippen molar-refractivity contribution in [1.29, 1.82) is 0 Å². The third-order valence-electron chi connectivity index (χ3n) is 4.22. The Morgan fingerprint density at radius 1 is 0.565 bits per heavy atom. The molecule has 0 unspecified atom stereocenters. The lowest BCUT2D eigenvalue weighted by Crippen LogP contribution is -2.33. The molecule has 0 saturated heterocycles. The first-order chi connectivity index (χ1) is 11.2. The van der Waals surface area contributed by atoms with Crippen LogP contribution in [-0.4, -0.2) is 12.2 Å². The van der Waals surface area contributed by atoms with Crippen molar-refractivity contribution in [3.63, 3.8) is 0 Å². The van der Waals surface area contributed by atoms with Gasteiger partial charge in [0.1, 0.15) is 5.60 Å². The lowest BCUT2D eigenvalue weighted by Gasteiger charge is -2.31. The van der Waals surface area contributed by atoms with Gasteiger partial charge in [0.15, 0.2) is 0 Å². The summed E-state index contributed by atoms with van der Waals surface area (Å²) in [6.07, 6.45) is 15.2. The first kappa shape index (κ1) is 22.8. The maximum absolute atomic E-state index is 5.66. The van der Waals surface area contributed by atoms with Crippen molar-refractivity contribution in [3.8, 4) is 0 Å². The number of unbranched alkanes of at least 4 members (excludes halogenated alkanes) is 6. The van der Waals surface area contributed by atoms with E-state index < -0.39 is 0 Å². The second-order valence-electron chi connectivity index (χ2n) is 6.60. The van der Waals surface area contributed by atoms with Crippen molar-refractivity contribution in [3.05, 3.63) is 0 Å². The summed E-state index contributed by atoms with van der Waals surface area (Å²) in [6.45, 7) is 9.16. The van der Waals surface area contributed by atoms with Gasteiger partial charge >= 0.3 is 0 Å². The number of rotatable bonds is 18. The molecule has 4 nitrogen and oxygen atoms in total. The summed E-state index contributed by atoms with van der Waals surface area (Å²) in [5.74, 6) is 0. The number of hydrogen-bond donors (Lipinski definition) is 0. The van der Waals surface area contributed by atoms with Gasteiger partial charge in [0.25, 0.3) is 0 Å². The summed E-state index contributed by atoms with van der Waals surface area (Å²) in [5, 5.41) is 9.57. The van der Waals surface area contributed by atoms with Crippen molar-refractivity contribution in [2.75, 3.05) is 6.61 Å². The van der Waals surface area contributed by atoms with Crippen molar-refractivity contribution >= 4 is 0 Å². The Hall–Kier alpha value is -0.160. The predicted octanol–water partition coefficient (Wildman–Crippen LogP) is 6.69. The summed E-state index contributed by atoms with van der Waals surface area (Å²) in [6, 6.07) is 0. The van der Waals surface area contributed by atoms with Crippen LogP contribution in [0.3, 0.4) is 0 Å². The standard InChI is InChI=1S/C19H40O4/c1-5-9-10-11-12-13-14-17-19(15-6-2,16-7-3)21-23-22-20-18-8-4/h5-18H2,1-4H3. The molecule has 0 rings (SSSR count). The molecule has 0 fully saturated rings. The molecule has 0 saturated carbocycles. The fourth-order valence-corrected chi connectivity index (χ4v) is 3.04. The lowest BCUT2D eigenvalue weighted by molar-refractivity contribution is -0.652. The molecule has 0 atom stereocenters. The molecular formula is C19H40O4. The summed E-state index contributed by atoms with van der Waals surface area (Å²) in [4.78, 5) is 10.5. The fourth-order valence-electron chi connectivity index (χ4n) is 3.04. The van der Waals surface area contributed by atoms with Gasteiger partial charge in [-0.3, -0.25) is 0 Å². The van der Waals surface area contributed by atoms with Gasteiger partial charge in [-0.15, -0.1) is 0 Å². The van der Waals surface area contributed by atoms with E-state index in [1.165, 1.54) is 44.9 Å². The molecule has 140 valence electrons. The smallest absolute Gasteiger partial charge is 0.107 e. The van der Waals surface area contributed by atoms with E-state index in [4.69, 9.17) is 14.8 Å². The van der Waals surface area contributed by atoms with E-state index in [9.17, 15) is 0 Å². The SMILES string of the molecule is CCCCCCCCCC(CCC)(CCC)OOOOCCC. The van der Waals surface area contributed by atoms with Crippen LogP contribution in [0.5, 0.6) is 0 Å². The van der Waals surface area contributed by atoms with Crippen LogP contribution in [-0.2, 0) is 19.9 Å². The zero-order valence-corrected chi connectivity index (χ0v) is 16.0. The zero-order valence-electron chi connectivity index (χ0n) is 16.0. The van der Waals surface area contributed by atoms with Crippen LogP contribution < -0.4 is 0 Å².